The molecule has 94 valence electrons. The zero-order valence-corrected chi connectivity index (χ0v) is 9.75. The van der Waals surface area contributed by atoms with Crippen LogP contribution in [0.3, 0.4) is 0 Å². The van der Waals surface area contributed by atoms with Crippen LogP contribution in [0.25, 0.3) is 0 Å². The SMILES string of the molecule is CC=CC=CC(=O)Nc1ccc(C(=O)O)c(O)c1. The first-order valence-electron chi connectivity index (χ1n) is 5.21. The van der Waals surface area contributed by atoms with Crippen molar-refractivity contribution in [3.8, 4) is 5.75 Å². The van der Waals surface area contributed by atoms with Crippen molar-refractivity contribution in [2.75, 3.05) is 5.32 Å². The molecule has 1 amide bonds. The van der Waals surface area contributed by atoms with Gasteiger partial charge in [-0.05, 0) is 19.1 Å². The predicted octanol–water partition coefficient (Wildman–Crippen LogP) is 2.16. The van der Waals surface area contributed by atoms with Gasteiger partial charge in [-0.15, -0.1) is 0 Å². The van der Waals surface area contributed by atoms with E-state index >= 15 is 0 Å². The Kier molecular flexibility index (Phi) is 4.68. The number of aromatic hydroxyl groups is 1. The molecule has 1 rings (SSSR count). The number of phenols is 1. The number of hydrogen-bond donors (Lipinski definition) is 3. The number of carbonyl (C=O) groups is 2. The monoisotopic (exact) mass is 247 g/mol. The minimum atomic E-state index is -1.22. The number of hydrogen-bond acceptors (Lipinski definition) is 3. The molecule has 0 spiro atoms. The Morgan fingerprint density at radius 3 is 2.56 bits per heavy atom. The Labute approximate surface area is 104 Å². The summed E-state index contributed by atoms with van der Waals surface area (Å²) in [5.41, 5.74) is 0.116. The van der Waals surface area contributed by atoms with Crippen molar-refractivity contribution in [1.29, 1.82) is 0 Å². The Balaban J connectivity index is 2.77. The van der Waals surface area contributed by atoms with E-state index in [9.17, 15) is 14.7 Å². The summed E-state index contributed by atoms with van der Waals surface area (Å²) in [4.78, 5) is 22.1. The third kappa shape index (κ3) is 3.79. The molecule has 1 aromatic rings. The lowest BCUT2D eigenvalue weighted by Crippen LogP contribution is -2.08. The van der Waals surface area contributed by atoms with Crippen LogP contribution in [0.2, 0.25) is 0 Å². The maximum Gasteiger partial charge on any atom is 0.339 e. The minimum absolute atomic E-state index is 0.211. The molecular formula is C13H13NO4. The molecule has 0 aliphatic rings. The number of carbonyl (C=O) groups excluding carboxylic acids is 1. The summed E-state index contributed by atoms with van der Waals surface area (Å²) in [5, 5.41) is 20.6. The second-order valence-electron chi connectivity index (χ2n) is 3.41. The van der Waals surface area contributed by atoms with E-state index in [0.717, 1.165) is 0 Å². The Hall–Kier alpha value is -2.56. The third-order valence-electron chi connectivity index (χ3n) is 2.05. The van der Waals surface area contributed by atoms with Crippen LogP contribution in [0.1, 0.15) is 17.3 Å². The molecule has 1 aromatic carbocycles. The van der Waals surface area contributed by atoms with Gasteiger partial charge in [0.15, 0.2) is 0 Å². The molecule has 0 aliphatic heterocycles. The molecule has 0 heterocycles. The van der Waals surface area contributed by atoms with Crippen LogP contribution in [-0.4, -0.2) is 22.1 Å². The van der Waals surface area contributed by atoms with Gasteiger partial charge in [0.05, 0.1) is 0 Å². The summed E-state index contributed by atoms with van der Waals surface area (Å²) in [6.07, 6.45) is 6.37. The number of benzene rings is 1. The van der Waals surface area contributed by atoms with Gasteiger partial charge < -0.3 is 15.5 Å². The normalized spacial score (nSPS) is 10.9. The standard InChI is InChI=1S/C13H13NO4/c1-2-3-4-5-12(16)14-9-6-7-10(13(17)18)11(15)8-9/h2-8,15H,1H3,(H,14,16)(H,17,18). The Bertz CT molecular complexity index is 518. The van der Waals surface area contributed by atoms with Crippen molar-refractivity contribution in [3.05, 3.63) is 48.1 Å². The molecule has 0 saturated carbocycles. The highest BCUT2D eigenvalue weighted by Gasteiger charge is 2.09. The van der Waals surface area contributed by atoms with Gasteiger partial charge in [0.1, 0.15) is 11.3 Å². The first-order chi connectivity index (χ1) is 8.54. The molecule has 5 heteroatoms. The molecule has 0 fully saturated rings. The van der Waals surface area contributed by atoms with Crippen LogP contribution in [0.5, 0.6) is 5.75 Å². The van der Waals surface area contributed by atoms with Gasteiger partial charge in [0.2, 0.25) is 5.91 Å². The van der Waals surface area contributed by atoms with E-state index in [2.05, 4.69) is 5.32 Å². The highest BCUT2D eigenvalue weighted by atomic mass is 16.4. The summed E-state index contributed by atoms with van der Waals surface area (Å²) < 4.78 is 0. The molecule has 0 bridgehead atoms. The number of rotatable bonds is 4. The highest BCUT2D eigenvalue weighted by molar-refractivity contribution is 6.00. The van der Waals surface area contributed by atoms with Crippen molar-refractivity contribution in [2.45, 2.75) is 6.92 Å². The Morgan fingerprint density at radius 2 is 2.00 bits per heavy atom. The van der Waals surface area contributed by atoms with Crippen molar-refractivity contribution in [1.82, 2.24) is 0 Å². The molecule has 0 aromatic heterocycles. The number of allylic oxidation sites excluding steroid dienone is 3. The molecule has 0 aliphatic carbocycles. The maximum absolute atomic E-state index is 11.4. The first kappa shape index (κ1) is 13.5. The number of carboxylic acids is 1. The number of anilines is 1. The molecule has 3 N–H and O–H groups in total. The zero-order valence-electron chi connectivity index (χ0n) is 9.75. The molecular weight excluding hydrogens is 234 g/mol. The summed E-state index contributed by atoms with van der Waals surface area (Å²) in [6, 6.07) is 3.82. The predicted molar refractivity (Wildman–Crippen MR) is 67.6 cm³/mol. The number of nitrogens with one attached hydrogen (secondary N) is 1. The quantitative estimate of drug-likeness (QED) is 0.562. The van der Waals surface area contributed by atoms with Crippen LogP contribution >= 0.6 is 0 Å². The van der Waals surface area contributed by atoms with E-state index < -0.39 is 11.7 Å². The van der Waals surface area contributed by atoms with Gasteiger partial charge in [0.25, 0.3) is 0 Å². The topological polar surface area (TPSA) is 86.6 Å². The fourth-order valence-electron chi connectivity index (χ4n) is 1.23. The van der Waals surface area contributed by atoms with Crippen molar-refractivity contribution < 1.29 is 19.8 Å². The average Bonchev–Trinajstić information content (AvgIpc) is 2.28. The van der Waals surface area contributed by atoms with Gasteiger partial charge in [-0.2, -0.15) is 0 Å². The van der Waals surface area contributed by atoms with Gasteiger partial charge in [-0.1, -0.05) is 18.2 Å². The van der Waals surface area contributed by atoms with E-state index in [1.54, 1.807) is 18.2 Å². The van der Waals surface area contributed by atoms with Crippen LogP contribution in [-0.2, 0) is 4.79 Å². The fourth-order valence-corrected chi connectivity index (χ4v) is 1.23. The minimum Gasteiger partial charge on any atom is -0.507 e. The van der Waals surface area contributed by atoms with E-state index in [0.29, 0.717) is 5.69 Å². The second-order valence-corrected chi connectivity index (χ2v) is 3.41. The lowest BCUT2D eigenvalue weighted by molar-refractivity contribution is -0.111. The van der Waals surface area contributed by atoms with Crippen molar-refractivity contribution in [3.63, 3.8) is 0 Å². The van der Waals surface area contributed by atoms with Gasteiger partial charge in [-0.3, -0.25) is 4.79 Å². The van der Waals surface area contributed by atoms with Crippen molar-refractivity contribution >= 4 is 17.6 Å². The van der Waals surface area contributed by atoms with Gasteiger partial charge >= 0.3 is 5.97 Å². The maximum atomic E-state index is 11.4. The second kappa shape index (κ2) is 6.24. The van der Waals surface area contributed by atoms with Gasteiger partial charge in [0, 0.05) is 17.8 Å². The molecule has 0 unspecified atom stereocenters. The molecule has 0 atom stereocenters. The third-order valence-corrected chi connectivity index (χ3v) is 2.05. The zero-order chi connectivity index (χ0) is 13.5. The average molecular weight is 247 g/mol. The lowest BCUT2D eigenvalue weighted by Gasteiger charge is -2.04. The van der Waals surface area contributed by atoms with E-state index in [-0.39, 0.29) is 11.5 Å². The molecule has 0 saturated heterocycles. The number of aromatic carboxylic acids is 1. The van der Waals surface area contributed by atoms with E-state index in [4.69, 9.17) is 5.11 Å². The lowest BCUT2D eigenvalue weighted by atomic mass is 10.2. The number of amides is 1. The van der Waals surface area contributed by atoms with Crippen LogP contribution < -0.4 is 5.32 Å². The van der Waals surface area contributed by atoms with Crippen LogP contribution in [0.15, 0.2) is 42.5 Å². The smallest absolute Gasteiger partial charge is 0.339 e. The summed E-state index contributed by atoms with van der Waals surface area (Å²) in [7, 11) is 0. The molecule has 5 nitrogen and oxygen atoms in total. The molecule has 0 radical (unpaired) electrons. The van der Waals surface area contributed by atoms with Crippen LogP contribution in [0.4, 0.5) is 5.69 Å². The fraction of sp³-hybridized carbons (Fsp3) is 0.0769. The summed E-state index contributed by atoms with van der Waals surface area (Å²) in [5.74, 6) is -1.98. The van der Waals surface area contributed by atoms with Crippen molar-refractivity contribution in [2.24, 2.45) is 0 Å². The highest BCUT2D eigenvalue weighted by Crippen LogP contribution is 2.21. The Morgan fingerprint density at radius 1 is 1.28 bits per heavy atom. The summed E-state index contributed by atoms with van der Waals surface area (Å²) in [6.45, 7) is 1.82. The largest absolute Gasteiger partial charge is 0.507 e. The van der Waals surface area contributed by atoms with Gasteiger partial charge in [-0.25, -0.2) is 4.79 Å². The molecule has 18 heavy (non-hydrogen) atoms. The van der Waals surface area contributed by atoms with Crippen LogP contribution in [0, 0.1) is 0 Å². The first-order valence-corrected chi connectivity index (χ1v) is 5.21. The van der Waals surface area contributed by atoms with E-state index in [1.165, 1.54) is 24.3 Å². The number of carboxylic acid groups (broad SMARTS) is 1. The summed E-state index contributed by atoms with van der Waals surface area (Å²) >= 11 is 0. The van der Waals surface area contributed by atoms with E-state index in [1.807, 2.05) is 6.92 Å².